The summed E-state index contributed by atoms with van der Waals surface area (Å²) in [4.78, 5) is 30.1. The molecule has 194 valence electrons. The third-order valence-corrected chi connectivity index (χ3v) is 9.14. The summed E-state index contributed by atoms with van der Waals surface area (Å²) in [6, 6.07) is 4.74. The van der Waals surface area contributed by atoms with Gasteiger partial charge in [0.1, 0.15) is 16.9 Å². The van der Waals surface area contributed by atoms with E-state index >= 15 is 0 Å². The van der Waals surface area contributed by atoms with E-state index in [1.807, 2.05) is 0 Å². The standard InChI is InChI=1S/C22H19Cl2F3N2O6S/c23-15-7-13(35-11-22(25,26)27)2-3-17(15)36(33,34)14-8-16(19(30)31)29(10-14)20(32)21(5-6-21)12-1-4-18(24)28-9-12/h1-4,7,9,14,16H,5-6,8,10-11H2,(H,30,31)/t14-,16?/m1/s1. The van der Waals surface area contributed by atoms with Crippen LogP contribution in [0.25, 0.3) is 0 Å². The zero-order chi connectivity index (χ0) is 26.5. The number of alkyl halides is 3. The van der Waals surface area contributed by atoms with E-state index in [-0.39, 0.29) is 28.9 Å². The highest BCUT2D eigenvalue weighted by molar-refractivity contribution is 7.92. The number of sulfone groups is 1. The van der Waals surface area contributed by atoms with Crippen LogP contribution in [0.1, 0.15) is 24.8 Å². The fourth-order valence-corrected chi connectivity index (χ4v) is 6.66. The molecule has 1 aromatic heterocycles. The third kappa shape index (κ3) is 5.12. The normalized spacial score (nSPS) is 21.3. The second-order valence-electron chi connectivity index (χ2n) is 8.66. The second kappa shape index (κ2) is 9.38. The van der Waals surface area contributed by atoms with Crippen molar-refractivity contribution in [1.29, 1.82) is 0 Å². The van der Waals surface area contributed by atoms with E-state index in [4.69, 9.17) is 23.2 Å². The van der Waals surface area contributed by atoms with Gasteiger partial charge in [-0.25, -0.2) is 18.2 Å². The average molecular weight is 567 g/mol. The molecule has 2 aromatic rings. The van der Waals surface area contributed by atoms with Crippen molar-refractivity contribution in [3.8, 4) is 5.75 Å². The smallest absolute Gasteiger partial charge is 0.422 e. The molecule has 4 rings (SSSR count). The molecule has 1 saturated heterocycles. The molecule has 2 atom stereocenters. The van der Waals surface area contributed by atoms with E-state index in [0.29, 0.717) is 18.4 Å². The molecule has 1 saturated carbocycles. The Morgan fingerprint density at radius 2 is 1.89 bits per heavy atom. The highest BCUT2D eigenvalue weighted by Gasteiger charge is 2.57. The number of halogens is 5. The fourth-order valence-electron chi connectivity index (χ4n) is 4.31. The van der Waals surface area contributed by atoms with Gasteiger partial charge in [-0.2, -0.15) is 13.2 Å². The topological polar surface area (TPSA) is 114 Å². The number of ether oxygens (including phenoxy) is 1. The maximum Gasteiger partial charge on any atom is 0.422 e. The number of benzene rings is 1. The van der Waals surface area contributed by atoms with Crippen LogP contribution in [0.15, 0.2) is 41.4 Å². The quantitative estimate of drug-likeness (QED) is 0.505. The van der Waals surface area contributed by atoms with Crippen molar-refractivity contribution in [3.05, 3.63) is 52.3 Å². The van der Waals surface area contributed by atoms with Gasteiger partial charge in [0.25, 0.3) is 0 Å². The Balaban J connectivity index is 1.58. The van der Waals surface area contributed by atoms with Crippen molar-refractivity contribution in [2.75, 3.05) is 13.2 Å². The van der Waals surface area contributed by atoms with Crippen molar-refractivity contribution < 1.29 is 41.0 Å². The van der Waals surface area contributed by atoms with Crippen LogP contribution in [0.2, 0.25) is 10.2 Å². The summed E-state index contributed by atoms with van der Waals surface area (Å²) in [6.45, 7) is -1.97. The molecule has 36 heavy (non-hydrogen) atoms. The molecule has 8 nitrogen and oxygen atoms in total. The molecule has 1 amide bonds. The van der Waals surface area contributed by atoms with Gasteiger partial charge in [-0.05, 0) is 43.0 Å². The maximum atomic E-state index is 13.5. The van der Waals surface area contributed by atoms with Crippen LogP contribution in [0, 0.1) is 0 Å². The summed E-state index contributed by atoms with van der Waals surface area (Å²) < 4.78 is 68.4. The number of likely N-dealkylation sites (tertiary alicyclic amines) is 1. The minimum Gasteiger partial charge on any atom is -0.484 e. The molecule has 0 radical (unpaired) electrons. The number of hydrogen-bond donors (Lipinski definition) is 1. The molecule has 14 heteroatoms. The van der Waals surface area contributed by atoms with E-state index in [2.05, 4.69) is 9.72 Å². The SMILES string of the molecule is O=C(O)C1C[C@@H](S(=O)(=O)c2ccc(OCC(F)(F)F)cc2Cl)CN1C(=O)C1(c2ccc(Cl)nc2)CC1. The lowest BCUT2D eigenvalue weighted by Crippen LogP contribution is -2.46. The van der Waals surface area contributed by atoms with Crippen LogP contribution in [-0.2, 0) is 24.8 Å². The number of hydrogen-bond acceptors (Lipinski definition) is 6. The van der Waals surface area contributed by atoms with Gasteiger partial charge >= 0.3 is 12.1 Å². The van der Waals surface area contributed by atoms with Crippen LogP contribution < -0.4 is 4.74 Å². The summed E-state index contributed by atoms with van der Waals surface area (Å²) in [5, 5.41) is 8.30. The lowest BCUT2D eigenvalue weighted by atomic mass is 9.95. The molecule has 2 heterocycles. The van der Waals surface area contributed by atoms with E-state index in [0.717, 1.165) is 23.1 Å². The monoisotopic (exact) mass is 566 g/mol. The zero-order valence-corrected chi connectivity index (χ0v) is 20.7. The molecule has 1 unspecified atom stereocenters. The first-order chi connectivity index (χ1) is 16.7. The van der Waals surface area contributed by atoms with Gasteiger partial charge in [-0.15, -0.1) is 0 Å². The number of aromatic nitrogens is 1. The van der Waals surface area contributed by atoms with E-state index < -0.39 is 56.1 Å². The zero-order valence-electron chi connectivity index (χ0n) is 18.3. The number of carbonyl (C=O) groups is 2. The molecule has 1 aromatic carbocycles. The Hall–Kier alpha value is -2.57. The van der Waals surface area contributed by atoms with E-state index in [9.17, 15) is 36.3 Å². The van der Waals surface area contributed by atoms with Crippen molar-refractivity contribution in [3.63, 3.8) is 0 Å². The lowest BCUT2D eigenvalue weighted by molar-refractivity contribution is -0.153. The first kappa shape index (κ1) is 26.5. The van der Waals surface area contributed by atoms with Gasteiger partial charge in [-0.1, -0.05) is 29.3 Å². The minimum atomic E-state index is -4.59. The molecular weight excluding hydrogens is 548 g/mol. The molecule has 0 spiro atoms. The Morgan fingerprint density at radius 1 is 1.19 bits per heavy atom. The van der Waals surface area contributed by atoms with E-state index in [1.54, 1.807) is 6.07 Å². The Labute approximate surface area is 213 Å². The summed E-state index contributed by atoms with van der Waals surface area (Å²) in [5.41, 5.74) is -0.441. The predicted octanol–water partition coefficient (Wildman–Crippen LogP) is 3.89. The van der Waals surface area contributed by atoms with Crippen LogP contribution in [0.5, 0.6) is 5.75 Å². The van der Waals surface area contributed by atoms with Gasteiger partial charge in [0.2, 0.25) is 5.91 Å². The number of rotatable bonds is 7. The number of carbonyl (C=O) groups excluding carboxylic acids is 1. The average Bonchev–Trinajstić information content (AvgIpc) is 3.47. The van der Waals surface area contributed by atoms with Gasteiger partial charge in [0.05, 0.1) is 20.6 Å². The summed E-state index contributed by atoms with van der Waals surface area (Å²) in [6.07, 6.45) is -2.64. The summed E-state index contributed by atoms with van der Waals surface area (Å²) in [7, 11) is -4.25. The molecule has 0 bridgehead atoms. The Bertz CT molecular complexity index is 1300. The lowest BCUT2D eigenvalue weighted by Gasteiger charge is -2.27. The largest absolute Gasteiger partial charge is 0.484 e. The predicted molar refractivity (Wildman–Crippen MR) is 122 cm³/mol. The molecule has 1 aliphatic carbocycles. The van der Waals surface area contributed by atoms with Crippen molar-refractivity contribution in [1.82, 2.24) is 9.88 Å². The second-order valence-corrected chi connectivity index (χ2v) is 11.7. The fraction of sp³-hybridized carbons (Fsp3) is 0.409. The number of pyridine rings is 1. The third-order valence-electron chi connectivity index (χ3n) is 6.30. The number of nitrogens with zero attached hydrogens (tertiary/aromatic N) is 2. The Morgan fingerprint density at radius 3 is 2.42 bits per heavy atom. The minimum absolute atomic E-state index is 0.226. The van der Waals surface area contributed by atoms with Crippen molar-refractivity contribution >= 4 is 44.9 Å². The van der Waals surface area contributed by atoms with Crippen LogP contribution >= 0.6 is 23.2 Å². The highest BCUT2D eigenvalue weighted by Crippen LogP contribution is 2.50. The first-order valence-electron chi connectivity index (χ1n) is 10.6. The Kier molecular flexibility index (Phi) is 6.91. The van der Waals surface area contributed by atoms with Crippen molar-refractivity contribution in [2.24, 2.45) is 0 Å². The number of amides is 1. The number of aliphatic carboxylic acids is 1. The highest BCUT2D eigenvalue weighted by atomic mass is 35.5. The van der Waals surface area contributed by atoms with Gasteiger partial charge in [0, 0.05) is 18.8 Å². The molecular formula is C22H19Cl2F3N2O6S. The van der Waals surface area contributed by atoms with Crippen LogP contribution in [-0.4, -0.2) is 65.9 Å². The van der Waals surface area contributed by atoms with Crippen LogP contribution in [0.4, 0.5) is 13.2 Å². The molecule has 2 fully saturated rings. The summed E-state index contributed by atoms with van der Waals surface area (Å²) >= 11 is 11.9. The van der Waals surface area contributed by atoms with Crippen LogP contribution in [0.3, 0.4) is 0 Å². The van der Waals surface area contributed by atoms with Crippen molar-refractivity contribution in [2.45, 2.75) is 47.0 Å². The first-order valence-corrected chi connectivity index (χ1v) is 12.9. The van der Waals surface area contributed by atoms with Gasteiger partial charge < -0.3 is 14.7 Å². The van der Waals surface area contributed by atoms with Gasteiger partial charge in [-0.3, -0.25) is 4.79 Å². The summed E-state index contributed by atoms with van der Waals surface area (Å²) in [5.74, 6) is -2.15. The molecule has 1 aliphatic heterocycles. The molecule has 2 aliphatic rings. The number of carboxylic acid groups (broad SMARTS) is 1. The van der Waals surface area contributed by atoms with Gasteiger partial charge in [0.15, 0.2) is 16.4 Å². The molecule has 1 N–H and O–H groups in total. The number of carboxylic acids is 1. The maximum absolute atomic E-state index is 13.5. The van der Waals surface area contributed by atoms with E-state index in [1.165, 1.54) is 12.3 Å².